The van der Waals surface area contributed by atoms with Gasteiger partial charge in [0.1, 0.15) is 0 Å². The molecule has 2 fully saturated rings. The average molecular weight is 276 g/mol. The number of nitrogens with zero attached hydrogens (tertiary/aromatic N) is 1. The van der Waals surface area contributed by atoms with Crippen LogP contribution in [0.4, 0.5) is 10.5 Å². The maximum absolute atomic E-state index is 12.3. The van der Waals surface area contributed by atoms with Gasteiger partial charge in [0.15, 0.2) is 0 Å². The van der Waals surface area contributed by atoms with E-state index in [4.69, 9.17) is 4.74 Å². The summed E-state index contributed by atoms with van der Waals surface area (Å²) in [6.07, 6.45) is 1.95. The third kappa shape index (κ3) is 2.78. The Morgan fingerprint density at radius 3 is 2.75 bits per heavy atom. The smallest absolute Gasteiger partial charge is 0.322 e. The van der Waals surface area contributed by atoms with E-state index in [9.17, 15) is 9.90 Å². The highest BCUT2D eigenvalue weighted by atomic mass is 16.5. The summed E-state index contributed by atoms with van der Waals surface area (Å²) in [7, 11) is 0. The lowest BCUT2D eigenvalue weighted by Gasteiger charge is -2.32. The summed E-state index contributed by atoms with van der Waals surface area (Å²) in [4.78, 5) is 14.1. The Morgan fingerprint density at radius 2 is 2.10 bits per heavy atom. The summed E-state index contributed by atoms with van der Waals surface area (Å²) in [5.74, 6) is 0. The molecule has 3 unspecified atom stereocenters. The lowest BCUT2D eigenvalue weighted by molar-refractivity contribution is -0.0219. The number of anilines is 1. The third-order valence-corrected chi connectivity index (χ3v) is 3.95. The van der Waals surface area contributed by atoms with Gasteiger partial charge in [-0.2, -0.15) is 0 Å². The Morgan fingerprint density at radius 1 is 1.40 bits per heavy atom. The quantitative estimate of drug-likeness (QED) is 0.870. The van der Waals surface area contributed by atoms with E-state index >= 15 is 0 Å². The summed E-state index contributed by atoms with van der Waals surface area (Å²) in [6.45, 7) is 3.04. The lowest BCUT2D eigenvalue weighted by atomic mass is 10.1. The zero-order valence-electron chi connectivity index (χ0n) is 11.6. The number of hydrogen-bond acceptors (Lipinski definition) is 3. The Hall–Kier alpha value is -1.59. The monoisotopic (exact) mass is 276 g/mol. The number of urea groups is 1. The number of morpholine rings is 1. The van der Waals surface area contributed by atoms with E-state index in [1.165, 1.54) is 0 Å². The van der Waals surface area contributed by atoms with Crippen LogP contribution in [-0.4, -0.2) is 41.3 Å². The van der Waals surface area contributed by atoms with E-state index in [1.54, 1.807) is 13.0 Å². The predicted molar refractivity (Wildman–Crippen MR) is 75.6 cm³/mol. The third-order valence-electron chi connectivity index (χ3n) is 3.95. The fourth-order valence-electron chi connectivity index (χ4n) is 2.86. The summed E-state index contributed by atoms with van der Waals surface area (Å²) in [6, 6.07) is 7.22. The fraction of sp³-hybridized carbons (Fsp3) is 0.533. The maximum atomic E-state index is 12.3. The number of carbonyl (C=O) groups excluding carboxylic acids is 1. The van der Waals surface area contributed by atoms with Crippen LogP contribution in [0.3, 0.4) is 0 Å². The highest BCUT2D eigenvalue weighted by Crippen LogP contribution is 2.26. The number of nitrogens with one attached hydrogen (secondary N) is 1. The Bertz CT molecular complexity index is 492. The SMILES string of the molecule is CC(O)c1cccc(NC(=O)N2CC3CCC(C2)O3)c1. The Balaban J connectivity index is 1.65. The first-order chi connectivity index (χ1) is 9.61. The minimum absolute atomic E-state index is 0.0899. The topological polar surface area (TPSA) is 61.8 Å². The van der Waals surface area contributed by atoms with E-state index in [1.807, 2.05) is 23.1 Å². The molecule has 3 atom stereocenters. The highest BCUT2D eigenvalue weighted by molar-refractivity contribution is 5.89. The van der Waals surface area contributed by atoms with E-state index in [-0.39, 0.29) is 18.2 Å². The van der Waals surface area contributed by atoms with Gasteiger partial charge >= 0.3 is 6.03 Å². The first-order valence-electron chi connectivity index (χ1n) is 7.11. The number of fused-ring (bicyclic) bond motifs is 2. The number of amides is 2. The van der Waals surface area contributed by atoms with Crippen LogP contribution in [0, 0.1) is 0 Å². The number of carbonyl (C=O) groups is 1. The van der Waals surface area contributed by atoms with Crippen molar-refractivity contribution in [2.45, 2.75) is 38.1 Å². The molecule has 1 aromatic rings. The normalized spacial score (nSPS) is 26.4. The second-order valence-electron chi connectivity index (χ2n) is 5.59. The van der Waals surface area contributed by atoms with Crippen molar-refractivity contribution in [1.29, 1.82) is 0 Å². The van der Waals surface area contributed by atoms with Crippen molar-refractivity contribution in [1.82, 2.24) is 4.90 Å². The van der Waals surface area contributed by atoms with Crippen LogP contribution in [0.2, 0.25) is 0 Å². The molecular weight excluding hydrogens is 256 g/mol. The summed E-state index contributed by atoms with van der Waals surface area (Å²) in [5.41, 5.74) is 1.51. The molecule has 3 rings (SSSR count). The maximum Gasteiger partial charge on any atom is 0.322 e. The van der Waals surface area contributed by atoms with Gasteiger partial charge in [0.25, 0.3) is 0 Å². The van der Waals surface area contributed by atoms with Gasteiger partial charge in [-0.25, -0.2) is 4.79 Å². The molecule has 108 valence electrons. The zero-order valence-corrected chi connectivity index (χ0v) is 11.6. The van der Waals surface area contributed by atoms with Crippen molar-refractivity contribution in [2.75, 3.05) is 18.4 Å². The summed E-state index contributed by atoms with van der Waals surface area (Å²) >= 11 is 0. The number of likely N-dealkylation sites (tertiary alicyclic amines) is 1. The van der Waals surface area contributed by atoms with Crippen molar-refractivity contribution in [3.05, 3.63) is 29.8 Å². The molecule has 5 nitrogen and oxygen atoms in total. The molecule has 5 heteroatoms. The van der Waals surface area contributed by atoms with Gasteiger partial charge in [-0.05, 0) is 37.5 Å². The zero-order chi connectivity index (χ0) is 14.1. The van der Waals surface area contributed by atoms with E-state index in [2.05, 4.69) is 5.32 Å². The highest BCUT2D eigenvalue weighted by Gasteiger charge is 2.35. The van der Waals surface area contributed by atoms with E-state index in [0.717, 1.165) is 18.4 Å². The second kappa shape index (κ2) is 5.42. The van der Waals surface area contributed by atoms with Crippen LogP contribution >= 0.6 is 0 Å². The van der Waals surface area contributed by atoms with Crippen LogP contribution < -0.4 is 5.32 Å². The molecule has 0 spiro atoms. The van der Waals surface area contributed by atoms with Crippen LogP contribution in [0.1, 0.15) is 31.4 Å². The van der Waals surface area contributed by atoms with Gasteiger partial charge in [0.2, 0.25) is 0 Å². The molecule has 2 heterocycles. The van der Waals surface area contributed by atoms with Gasteiger partial charge in [-0.15, -0.1) is 0 Å². The Labute approximate surface area is 118 Å². The first-order valence-corrected chi connectivity index (χ1v) is 7.11. The lowest BCUT2D eigenvalue weighted by Crippen LogP contribution is -2.47. The number of hydrogen-bond donors (Lipinski definition) is 2. The van der Waals surface area contributed by atoms with Gasteiger partial charge in [0, 0.05) is 18.8 Å². The second-order valence-corrected chi connectivity index (χ2v) is 5.59. The molecular formula is C15H20N2O3. The van der Waals surface area contributed by atoms with Gasteiger partial charge in [0.05, 0.1) is 18.3 Å². The molecule has 0 aromatic heterocycles. The number of rotatable bonds is 2. The molecule has 0 aliphatic carbocycles. The van der Waals surface area contributed by atoms with Crippen LogP contribution in [0.15, 0.2) is 24.3 Å². The van der Waals surface area contributed by atoms with Crippen molar-refractivity contribution in [2.24, 2.45) is 0 Å². The average Bonchev–Trinajstić information content (AvgIpc) is 2.77. The minimum atomic E-state index is -0.536. The first kappa shape index (κ1) is 13.4. The molecule has 2 amide bonds. The predicted octanol–water partition coefficient (Wildman–Crippen LogP) is 2.13. The largest absolute Gasteiger partial charge is 0.389 e. The van der Waals surface area contributed by atoms with Gasteiger partial charge in [-0.1, -0.05) is 12.1 Å². The van der Waals surface area contributed by atoms with Crippen molar-refractivity contribution in [3.8, 4) is 0 Å². The molecule has 2 aliphatic rings. The molecule has 20 heavy (non-hydrogen) atoms. The van der Waals surface area contributed by atoms with Crippen molar-refractivity contribution < 1.29 is 14.6 Å². The summed E-state index contributed by atoms with van der Waals surface area (Å²) in [5, 5.41) is 12.5. The number of aliphatic hydroxyl groups excluding tert-OH is 1. The van der Waals surface area contributed by atoms with E-state index in [0.29, 0.717) is 18.8 Å². The molecule has 1 aromatic carbocycles. The number of benzene rings is 1. The van der Waals surface area contributed by atoms with Crippen LogP contribution in [0.25, 0.3) is 0 Å². The van der Waals surface area contributed by atoms with Crippen molar-refractivity contribution >= 4 is 11.7 Å². The fourth-order valence-corrected chi connectivity index (χ4v) is 2.86. The van der Waals surface area contributed by atoms with Crippen LogP contribution in [0.5, 0.6) is 0 Å². The molecule has 2 aliphatic heterocycles. The molecule has 2 saturated heterocycles. The standard InChI is InChI=1S/C15H20N2O3/c1-10(18)11-3-2-4-12(7-11)16-15(19)17-8-13-5-6-14(9-17)20-13/h2-4,7,10,13-14,18H,5-6,8-9H2,1H3,(H,16,19). The Kier molecular flexibility index (Phi) is 3.63. The number of aliphatic hydroxyl groups is 1. The van der Waals surface area contributed by atoms with E-state index < -0.39 is 6.10 Å². The minimum Gasteiger partial charge on any atom is -0.389 e. The van der Waals surface area contributed by atoms with Gasteiger partial charge in [-0.3, -0.25) is 0 Å². The molecule has 2 bridgehead atoms. The van der Waals surface area contributed by atoms with Crippen LogP contribution in [-0.2, 0) is 4.74 Å². The van der Waals surface area contributed by atoms with Crippen molar-refractivity contribution in [3.63, 3.8) is 0 Å². The number of ether oxygens (including phenoxy) is 1. The van der Waals surface area contributed by atoms with Gasteiger partial charge < -0.3 is 20.1 Å². The molecule has 0 saturated carbocycles. The molecule has 0 radical (unpaired) electrons. The summed E-state index contributed by atoms with van der Waals surface area (Å²) < 4.78 is 5.72. The molecule has 2 N–H and O–H groups in total.